The van der Waals surface area contributed by atoms with Crippen LogP contribution in [-0.2, 0) is 16.1 Å². The van der Waals surface area contributed by atoms with E-state index in [1.807, 2.05) is 30.3 Å². The van der Waals surface area contributed by atoms with Gasteiger partial charge in [0, 0.05) is 5.56 Å². The molecule has 0 aromatic heterocycles. The molecule has 2 aromatic rings. The topological polar surface area (TPSA) is 73.9 Å². The van der Waals surface area contributed by atoms with Crippen LogP contribution in [-0.4, -0.2) is 24.8 Å². The van der Waals surface area contributed by atoms with Crippen LogP contribution in [0.15, 0.2) is 36.4 Å². The van der Waals surface area contributed by atoms with Crippen molar-refractivity contribution in [3.05, 3.63) is 58.7 Å². The first-order chi connectivity index (χ1) is 13.1. The van der Waals surface area contributed by atoms with Crippen LogP contribution in [0.25, 0.3) is 0 Å². The number of nitrogens with one attached hydrogen (secondary N) is 1. The fourth-order valence-electron chi connectivity index (χ4n) is 2.70. The van der Waals surface area contributed by atoms with E-state index >= 15 is 0 Å². The summed E-state index contributed by atoms with van der Waals surface area (Å²) in [6.45, 7) is 9.21. The summed E-state index contributed by atoms with van der Waals surface area (Å²) in [5.74, 6) is 0.0290. The van der Waals surface area contributed by atoms with Crippen LogP contribution in [0.2, 0.25) is 0 Å². The van der Waals surface area contributed by atoms with Gasteiger partial charge in [0.15, 0.2) is 0 Å². The molecule has 0 spiro atoms. The van der Waals surface area contributed by atoms with Crippen LogP contribution in [0.1, 0.15) is 47.8 Å². The lowest BCUT2D eigenvalue weighted by Crippen LogP contribution is -2.28. The predicted molar refractivity (Wildman–Crippen MR) is 108 cm³/mol. The number of aryl methyl sites for hydroxylation is 1. The molecular weight excluding hydrogens is 358 g/mol. The molecule has 0 aliphatic rings. The van der Waals surface area contributed by atoms with Gasteiger partial charge in [0.25, 0.3) is 0 Å². The lowest BCUT2D eigenvalue weighted by molar-refractivity contribution is 0.0601. The van der Waals surface area contributed by atoms with Crippen LogP contribution >= 0.6 is 0 Å². The highest BCUT2D eigenvalue weighted by molar-refractivity contribution is 6.02. The van der Waals surface area contributed by atoms with E-state index in [0.29, 0.717) is 29.2 Å². The van der Waals surface area contributed by atoms with Crippen molar-refractivity contribution in [2.75, 3.05) is 12.4 Å². The van der Waals surface area contributed by atoms with Gasteiger partial charge in [-0.25, -0.2) is 9.59 Å². The van der Waals surface area contributed by atoms with Gasteiger partial charge in [-0.1, -0.05) is 30.3 Å². The van der Waals surface area contributed by atoms with Gasteiger partial charge in [-0.3, -0.25) is 5.32 Å². The lowest BCUT2D eigenvalue weighted by Gasteiger charge is -2.22. The standard InChI is InChI=1S/C22H27NO5/c1-14-12-17(27-13-16-10-8-7-9-11-16)15(2)19(18(14)20(24)26-6)23-21(25)28-22(3,4)5/h7-12H,13H2,1-6H3,(H,23,25). The molecule has 0 saturated heterocycles. The molecule has 0 unspecified atom stereocenters. The third kappa shape index (κ3) is 5.49. The van der Waals surface area contributed by atoms with Gasteiger partial charge in [-0.15, -0.1) is 0 Å². The first kappa shape index (κ1) is 21.3. The third-order valence-electron chi connectivity index (χ3n) is 3.99. The molecule has 1 N–H and O–H groups in total. The first-order valence-corrected chi connectivity index (χ1v) is 9.01. The summed E-state index contributed by atoms with van der Waals surface area (Å²) in [4.78, 5) is 24.6. The Kier molecular flexibility index (Phi) is 6.67. The molecule has 0 saturated carbocycles. The monoisotopic (exact) mass is 385 g/mol. The fraction of sp³-hybridized carbons (Fsp3) is 0.364. The van der Waals surface area contributed by atoms with Crippen LogP contribution in [0, 0.1) is 13.8 Å². The summed E-state index contributed by atoms with van der Waals surface area (Å²) < 4.78 is 16.2. The van der Waals surface area contributed by atoms with Gasteiger partial charge in [0.1, 0.15) is 18.0 Å². The Morgan fingerprint density at radius 1 is 1.07 bits per heavy atom. The second-order valence-corrected chi connectivity index (χ2v) is 7.46. The average molecular weight is 385 g/mol. The second kappa shape index (κ2) is 8.78. The van der Waals surface area contributed by atoms with Crippen molar-refractivity contribution < 1.29 is 23.8 Å². The maximum Gasteiger partial charge on any atom is 0.412 e. The van der Waals surface area contributed by atoms with Gasteiger partial charge in [-0.2, -0.15) is 0 Å². The minimum atomic E-state index is -0.667. The smallest absolute Gasteiger partial charge is 0.412 e. The third-order valence-corrected chi connectivity index (χ3v) is 3.99. The molecule has 2 aromatic carbocycles. The maximum absolute atomic E-state index is 12.3. The molecule has 0 atom stereocenters. The molecule has 2 rings (SSSR count). The van der Waals surface area contributed by atoms with Gasteiger partial charge < -0.3 is 14.2 Å². The number of methoxy groups -OCH3 is 1. The van der Waals surface area contributed by atoms with Crippen LogP contribution in [0.5, 0.6) is 5.75 Å². The molecule has 0 bridgehead atoms. The van der Waals surface area contributed by atoms with Crippen molar-refractivity contribution >= 4 is 17.7 Å². The summed E-state index contributed by atoms with van der Waals surface area (Å²) in [6, 6.07) is 11.5. The van der Waals surface area contributed by atoms with Crippen LogP contribution in [0.4, 0.5) is 10.5 Å². The van der Waals surface area contributed by atoms with Gasteiger partial charge in [0.2, 0.25) is 0 Å². The van der Waals surface area contributed by atoms with Crippen molar-refractivity contribution in [1.82, 2.24) is 0 Å². The number of anilines is 1. The van der Waals surface area contributed by atoms with Gasteiger partial charge in [0.05, 0.1) is 18.4 Å². The Morgan fingerprint density at radius 2 is 1.71 bits per heavy atom. The number of benzene rings is 2. The highest BCUT2D eigenvalue weighted by Gasteiger charge is 2.24. The summed E-state index contributed by atoms with van der Waals surface area (Å²) in [7, 11) is 1.30. The van der Waals surface area contributed by atoms with E-state index in [0.717, 1.165) is 5.56 Å². The molecule has 150 valence electrons. The largest absolute Gasteiger partial charge is 0.489 e. The Bertz CT molecular complexity index is 853. The summed E-state index contributed by atoms with van der Waals surface area (Å²) in [5, 5.41) is 2.69. The van der Waals surface area contributed by atoms with E-state index < -0.39 is 17.7 Å². The Balaban J connectivity index is 2.39. The van der Waals surface area contributed by atoms with E-state index in [1.165, 1.54) is 7.11 Å². The number of carbonyl (C=O) groups is 2. The zero-order chi connectivity index (χ0) is 20.9. The molecule has 28 heavy (non-hydrogen) atoms. The van der Waals surface area contributed by atoms with E-state index in [4.69, 9.17) is 14.2 Å². The number of carbonyl (C=O) groups excluding carboxylic acids is 2. The number of ether oxygens (including phenoxy) is 3. The molecule has 0 fully saturated rings. The Hall–Kier alpha value is -3.02. The molecule has 0 heterocycles. The molecular formula is C22H27NO5. The number of esters is 1. The minimum Gasteiger partial charge on any atom is -0.489 e. The van der Waals surface area contributed by atoms with Gasteiger partial charge in [-0.05, 0) is 51.8 Å². The molecule has 0 aliphatic carbocycles. The highest BCUT2D eigenvalue weighted by Crippen LogP contribution is 2.34. The quantitative estimate of drug-likeness (QED) is 0.732. The summed E-state index contributed by atoms with van der Waals surface area (Å²) >= 11 is 0. The fourth-order valence-corrected chi connectivity index (χ4v) is 2.70. The van der Waals surface area contributed by atoms with E-state index in [-0.39, 0.29) is 5.56 Å². The van der Waals surface area contributed by atoms with Crippen molar-refractivity contribution in [2.24, 2.45) is 0 Å². The zero-order valence-corrected chi connectivity index (χ0v) is 17.2. The molecule has 0 aliphatic heterocycles. The SMILES string of the molecule is COC(=O)c1c(C)cc(OCc2ccccc2)c(C)c1NC(=O)OC(C)(C)C. The van der Waals surface area contributed by atoms with Crippen molar-refractivity contribution in [2.45, 2.75) is 46.8 Å². The van der Waals surface area contributed by atoms with E-state index in [9.17, 15) is 9.59 Å². The average Bonchev–Trinajstić information content (AvgIpc) is 2.62. The summed E-state index contributed by atoms with van der Waals surface area (Å²) in [6.07, 6.45) is -0.652. The number of amides is 1. The molecule has 1 amide bonds. The van der Waals surface area contributed by atoms with Crippen LogP contribution < -0.4 is 10.1 Å². The maximum atomic E-state index is 12.3. The van der Waals surface area contributed by atoms with Crippen molar-refractivity contribution in [1.29, 1.82) is 0 Å². The predicted octanol–water partition coefficient (Wildman–Crippen LogP) is 5.02. The summed E-state index contributed by atoms with van der Waals surface area (Å²) in [5.41, 5.74) is 2.19. The second-order valence-electron chi connectivity index (χ2n) is 7.46. The molecule has 6 heteroatoms. The number of hydrogen-bond donors (Lipinski definition) is 1. The molecule has 6 nitrogen and oxygen atoms in total. The minimum absolute atomic E-state index is 0.276. The Labute approximate surface area is 165 Å². The van der Waals surface area contributed by atoms with Crippen molar-refractivity contribution in [3.63, 3.8) is 0 Å². The molecule has 0 radical (unpaired) electrons. The van der Waals surface area contributed by atoms with E-state index in [1.54, 1.807) is 40.7 Å². The van der Waals surface area contributed by atoms with E-state index in [2.05, 4.69) is 5.32 Å². The normalized spacial score (nSPS) is 10.9. The zero-order valence-electron chi connectivity index (χ0n) is 17.2. The first-order valence-electron chi connectivity index (χ1n) is 9.01. The number of rotatable bonds is 5. The van der Waals surface area contributed by atoms with Crippen LogP contribution in [0.3, 0.4) is 0 Å². The van der Waals surface area contributed by atoms with Crippen molar-refractivity contribution in [3.8, 4) is 5.75 Å². The lowest BCUT2D eigenvalue weighted by atomic mass is 10.0. The van der Waals surface area contributed by atoms with Gasteiger partial charge >= 0.3 is 12.1 Å². The highest BCUT2D eigenvalue weighted by atomic mass is 16.6. The Morgan fingerprint density at radius 3 is 2.29 bits per heavy atom. The number of hydrogen-bond acceptors (Lipinski definition) is 5.